The van der Waals surface area contributed by atoms with Crippen molar-refractivity contribution in [2.45, 2.75) is 25.7 Å². The van der Waals surface area contributed by atoms with Gasteiger partial charge in [0.1, 0.15) is 11.6 Å². The molecular weight excluding hydrogens is 326 g/mol. The Kier molecular flexibility index (Phi) is 5.04. The fourth-order valence-electron chi connectivity index (χ4n) is 3.71. The SMILES string of the molecule is O=C(c1ccc(NC[C@@H]2CCOc3ccccc3C2)nc1)N1CCCC1. The minimum atomic E-state index is 0.0964. The van der Waals surface area contributed by atoms with Gasteiger partial charge in [0.05, 0.1) is 12.2 Å². The molecule has 5 heteroatoms. The number of pyridine rings is 1. The Morgan fingerprint density at radius 1 is 1.19 bits per heavy atom. The van der Waals surface area contributed by atoms with Gasteiger partial charge >= 0.3 is 0 Å². The molecule has 1 aromatic heterocycles. The van der Waals surface area contributed by atoms with Crippen LogP contribution >= 0.6 is 0 Å². The van der Waals surface area contributed by atoms with Gasteiger partial charge in [-0.25, -0.2) is 4.98 Å². The number of para-hydroxylation sites is 1. The first-order valence-electron chi connectivity index (χ1n) is 9.49. The van der Waals surface area contributed by atoms with Gasteiger partial charge in [0.2, 0.25) is 0 Å². The molecule has 1 fully saturated rings. The molecule has 136 valence electrons. The number of amides is 1. The lowest BCUT2D eigenvalue weighted by Crippen LogP contribution is -2.27. The summed E-state index contributed by atoms with van der Waals surface area (Å²) in [5.41, 5.74) is 1.95. The van der Waals surface area contributed by atoms with Gasteiger partial charge in [0.25, 0.3) is 5.91 Å². The van der Waals surface area contributed by atoms with Gasteiger partial charge in [-0.3, -0.25) is 4.79 Å². The quantitative estimate of drug-likeness (QED) is 0.918. The summed E-state index contributed by atoms with van der Waals surface area (Å²) in [7, 11) is 0. The van der Waals surface area contributed by atoms with Crippen LogP contribution in [0.4, 0.5) is 5.82 Å². The Bertz CT molecular complexity index is 754. The van der Waals surface area contributed by atoms with Crippen LogP contribution < -0.4 is 10.1 Å². The summed E-state index contributed by atoms with van der Waals surface area (Å²) in [6.07, 6.45) is 5.93. The average molecular weight is 351 g/mol. The van der Waals surface area contributed by atoms with Gasteiger partial charge in [-0.15, -0.1) is 0 Å². The van der Waals surface area contributed by atoms with Crippen LogP contribution in [0.25, 0.3) is 0 Å². The summed E-state index contributed by atoms with van der Waals surface area (Å²) < 4.78 is 5.84. The van der Waals surface area contributed by atoms with Crippen molar-refractivity contribution in [2.75, 3.05) is 31.6 Å². The predicted molar refractivity (Wildman–Crippen MR) is 102 cm³/mol. The lowest BCUT2D eigenvalue weighted by atomic mass is 9.97. The number of fused-ring (bicyclic) bond motifs is 1. The number of rotatable bonds is 4. The molecule has 4 rings (SSSR count). The summed E-state index contributed by atoms with van der Waals surface area (Å²) in [5.74, 6) is 2.43. The van der Waals surface area contributed by atoms with Gasteiger partial charge in [-0.1, -0.05) is 18.2 Å². The second kappa shape index (κ2) is 7.77. The van der Waals surface area contributed by atoms with E-state index in [9.17, 15) is 4.79 Å². The number of hydrogen-bond acceptors (Lipinski definition) is 4. The molecule has 0 bridgehead atoms. The first kappa shape index (κ1) is 16.9. The second-order valence-electron chi connectivity index (χ2n) is 7.13. The Morgan fingerprint density at radius 2 is 2.04 bits per heavy atom. The lowest BCUT2D eigenvalue weighted by molar-refractivity contribution is 0.0792. The largest absolute Gasteiger partial charge is 0.493 e. The number of anilines is 1. The smallest absolute Gasteiger partial charge is 0.255 e. The normalized spacial score (nSPS) is 19.4. The van der Waals surface area contributed by atoms with Crippen LogP contribution in [0.1, 0.15) is 35.2 Å². The van der Waals surface area contributed by atoms with E-state index in [1.165, 1.54) is 5.56 Å². The number of hydrogen-bond donors (Lipinski definition) is 1. The van der Waals surface area contributed by atoms with Crippen molar-refractivity contribution >= 4 is 11.7 Å². The van der Waals surface area contributed by atoms with Crippen molar-refractivity contribution < 1.29 is 9.53 Å². The first-order valence-corrected chi connectivity index (χ1v) is 9.49. The fraction of sp³-hybridized carbons (Fsp3) is 0.429. The van der Waals surface area contributed by atoms with Crippen LogP contribution in [0.5, 0.6) is 5.75 Å². The summed E-state index contributed by atoms with van der Waals surface area (Å²) >= 11 is 0. The fourth-order valence-corrected chi connectivity index (χ4v) is 3.71. The van der Waals surface area contributed by atoms with Crippen LogP contribution in [0.15, 0.2) is 42.6 Å². The predicted octanol–water partition coefficient (Wildman–Crippen LogP) is 3.37. The number of carbonyl (C=O) groups is 1. The van der Waals surface area contributed by atoms with Crippen molar-refractivity contribution in [2.24, 2.45) is 5.92 Å². The highest BCUT2D eigenvalue weighted by Gasteiger charge is 2.20. The molecule has 1 N–H and O–H groups in total. The molecule has 1 saturated heterocycles. The first-order chi connectivity index (χ1) is 12.8. The zero-order chi connectivity index (χ0) is 17.8. The van der Waals surface area contributed by atoms with E-state index in [1.54, 1.807) is 6.20 Å². The van der Waals surface area contributed by atoms with Crippen molar-refractivity contribution in [3.63, 3.8) is 0 Å². The van der Waals surface area contributed by atoms with Crippen molar-refractivity contribution in [1.82, 2.24) is 9.88 Å². The van der Waals surface area contributed by atoms with E-state index < -0.39 is 0 Å². The Labute approximate surface area is 154 Å². The summed E-state index contributed by atoms with van der Waals surface area (Å²) in [5, 5.41) is 3.42. The Morgan fingerprint density at radius 3 is 2.85 bits per heavy atom. The molecule has 26 heavy (non-hydrogen) atoms. The summed E-state index contributed by atoms with van der Waals surface area (Å²) in [6, 6.07) is 12.1. The third kappa shape index (κ3) is 3.82. The molecule has 2 aliphatic rings. The maximum Gasteiger partial charge on any atom is 0.255 e. The van der Waals surface area contributed by atoms with E-state index >= 15 is 0 Å². The third-order valence-electron chi connectivity index (χ3n) is 5.24. The van der Waals surface area contributed by atoms with Crippen LogP contribution in [0, 0.1) is 5.92 Å². The van der Waals surface area contributed by atoms with E-state index in [-0.39, 0.29) is 5.91 Å². The van der Waals surface area contributed by atoms with E-state index in [0.717, 1.165) is 63.5 Å². The molecule has 1 atom stereocenters. The van der Waals surface area contributed by atoms with Gasteiger partial charge in [0, 0.05) is 25.8 Å². The van der Waals surface area contributed by atoms with Crippen LogP contribution in [0.3, 0.4) is 0 Å². The molecule has 2 aliphatic heterocycles. The highest BCUT2D eigenvalue weighted by molar-refractivity contribution is 5.94. The molecule has 1 amide bonds. The Hall–Kier alpha value is -2.56. The zero-order valence-electron chi connectivity index (χ0n) is 15.0. The summed E-state index contributed by atoms with van der Waals surface area (Å²) in [6.45, 7) is 3.33. The number of ether oxygens (including phenoxy) is 1. The van der Waals surface area contributed by atoms with Gasteiger partial charge in [-0.2, -0.15) is 0 Å². The molecule has 1 aromatic carbocycles. The van der Waals surface area contributed by atoms with Crippen molar-refractivity contribution in [3.05, 3.63) is 53.7 Å². The van der Waals surface area contributed by atoms with E-state index in [4.69, 9.17) is 4.74 Å². The van der Waals surface area contributed by atoms with Crippen molar-refractivity contribution in [3.8, 4) is 5.75 Å². The molecule has 5 nitrogen and oxygen atoms in total. The van der Waals surface area contributed by atoms with E-state index in [2.05, 4.69) is 22.4 Å². The van der Waals surface area contributed by atoms with Crippen LogP contribution in [-0.2, 0) is 6.42 Å². The molecular formula is C21H25N3O2. The standard InChI is InChI=1S/C21H25N3O2/c25-21(24-10-3-4-11-24)18-7-8-20(23-15-18)22-14-16-9-12-26-19-6-2-1-5-17(19)13-16/h1-2,5-8,15-16H,3-4,9-14H2,(H,22,23)/t16-/m1/s1. The van der Waals surface area contributed by atoms with Crippen molar-refractivity contribution in [1.29, 1.82) is 0 Å². The number of likely N-dealkylation sites (tertiary alicyclic amines) is 1. The van der Waals surface area contributed by atoms with Gasteiger partial charge in [0.15, 0.2) is 0 Å². The Balaban J connectivity index is 1.34. The maximum absolute atomic E-state index is 12.4. The van der Waals surface area contributed by atoms with E-state index in [1.807, 2.05) is 29.2 Å². The average Bonchev–Trinajstić information content (AvgIpc) is 3.14. The minimum absolute atomic E-state index is 0.0964. The number of aromatic nitrogens is 1. The third-order valence-corrected chi connectivity index (χ3v) is 5.24. The minimum Gasteiger partial charge on any atom is -0.493 e. The van der Waals surface area contributed by atoms with E-state index in [0.29, 0.717) is 11.5 Å². The number of benzene rings is 1. The van der Waals surface area contributed by atoms with Crippen LogP contribution in [-0.4, -0.2) is 42.0 Å². The molecule has 0 unspecified atom stereocenters. The maximum atomic E-state index is 12.4. The molecule has 0 radical (unpaired) electrons. The highest BCUT2D eigenvalue weighted by Crippen LogP contribution is 2.26. The molecule has 0 aliphatic carbocycles. The molecule has 3 heterocycles. The molecule has 2 aromatic rings. The topological polar surface area (TPSA) is 54.5 Å². The monoisotopic (exact) mass is 351 g/mol. The number of nitrogens with zero attached hydrogens (tertiary/aromatic N) is 2. The lowest BCUT2D eigenvalue weighted by Gasteiger charge is -2.16. The zero-order valence-corrected chi connectivity index (χ0v) is 15.0. The molecule has 0 saturated carbocycles. The second-order valence-corrected chi connectivity index (χ2v) is 7.13. The van der Waals surface area contributed by atoms with Crippen LogP contribution in [0.2, 0.25) is 0 Å². The highest BCUT2D eigenvalue weighted by atomic mass is 16.5. The number of carbonyl (C=O) groups excluding carboxylic acids is 1. The van der Waals surface area contributed by atoms with Gasteiger partial charge in [-0.05, 0) is 55.4 Å². The molecule has 0 spiro atoms. The summed E-state index contributed by atoms with van der Waals surface area (Å²) in [4.78, 5) is 18.7. The van der Waals surface area contributed by atoms with Gasteiger partial charge < -0.3 is 15.0 Å². The number of nitrogens with one attached hydrogen (secondary N) is 1.